The third kappa shape index (κ3) is 2.79. The predicted molar refractivity (Wildman–Crippen MR) is 63.2 cm³/mol. The zero-order valence-corrected chi connectivity index (χ0v) is 10.3. The Bertz CT molecular complexity index is 349. The van der Waals surface area contributed by atoms with Crippen LogP contribution in [0.1, 0.15) is 30.9 Å². The van der Waals surface area contributed by atoms with Crippen LogP contribution in [0.3, 0.4) is 0 Å². The lowest BCUT2D eigenvalue weighted by Gasteiger charge is -2.17. The van der Waals surface area contributed by atoms with Crippen LogP contribution >= 0.6 is 15.9 Å². The largest absolute Gasteiger partial charge is 0.313 e. The average molecular weight is 272 g/mol. The summed E-state index contributed by atoms with van der Waals surface area (Å²) in [4.78, 5) is 0. The maximum Gasteiger partial charge on any atom is 0.123 e. The molecule has 1 unspecified atom stereocenters. The molecule has 0 bridgehead atoms. The molecular formula is C12H15BrFN. The van der Waals surface area contributed by atoms with Gasteiger partial charge in [0, 0.05) is 10.5 Å². The summed E-state index contributed by atoms with van der Waals surface area (Å²) in [6.07, 6.45) is 3.76. The first-order valence-electron chi connectivity index (χ1n) is 5.33. The molecule has 1 aliphatic rings. The van der Waals surface area contributed by atoms with Crippen LogP contribution in [0.4, 0.5) is 4.39 Å². The standard InChI is InChI=1S/C12H15BrFN/c1-15-12(6-8-2-3-8)10-7-9(14)4-5-11(10)13/h4-5,7-8,12,15H,2-3,6H2,1H3. The Balaban J connectivity index is 2.19. The summed E-state index contributed by atoms with van der Waals surface area (Å²) in [5.41, 5.74) is 1.03. The summed E-state index contributed by atoms with van der Waals surface area (Å²) in [7, 11) is 1.93. The molecule has 1 nitrogen and oxygen atoms in total. The van der Waals surface area contributed by atoms with Gasteiger partial charge in [0.15, 0.2) is 0 Å². The summed E-state index contributed by atoms with van der Waals surface area (Å²) in [6, 6.07) is 5.15. The van der Waals surface area contributed by atoms with Gasteiger partial charge in [0.25, 0.3) is 0 Å². The van der Waals surface area contributed by atoms with Gasteiger partial charge in [-0.1, -0.05) is 28.8 Å². The van der Waals surface area contributed by atoms with Gasteiger partial charge in [0.2, 0.25) is 0 Å². The van der Waals surface area contributed by atoms with Crippen LogP contribution in [-0.2, 0) is 0 Å². The minimum Gasteiger partial charge on any atom is -0.313 e. The number of benzene rings is 1. The van der Waals surface area contributed by atoms with Crippen molar-refractivity contribution in [2.45, 2.75) is 25.3 Å². The second-order valence-corrected chi connectivity index (χ2v) is 5.04. The van der Waals surface area contributed by atoms with Crippen molar-refractivity contribution in [2.24, 2.45) is 5.92 Å². The highest BCUT2D eigenvalue weighted by Gasteiger charge is 2.26. The van der Waals surface area contributed by atoms with Crippen LogP contribution in [0.5, 0.6) is 0 Å². The van der Waals surface area contributed by atoms with Gasteiger partial charge in [0.05, 0.1) is 0 Å². The fourth-order valence-corrected chi connectivity index (χ4v) is 2.39. The molecule has 82 valence electrons. The summed E-state index contributed by atoms with van der Waals surface area (Å²) < 4.78 is 14.1. The molecule has 0 amide bonds. The molecule has 3 heteroatoms. The Morgan fingerprint density at radius 2 is 2.27 bits per heavy atom. The van der Waals surface area contributed by atoms with E-state index in [1.165, 1.54) is 18.9 Å². The van der Waals surface area contributed by atoms with Crippen molar-refractivity contribution in [2.75, 3.05) is 7.05 Å². The molecule has 0 radical (unpaired) electrons. The van der Waals surface area contributed by atoms with Gasteiger partial charge in [-0.15, -0.1) is 0 Å². The molecule has 0 saturated heterocycles. The molecule has 1 aliphatic carbocycles. The molecule has 1 saturated carbocycles. The Morgan fingerprint density at radius 3 is 2.87 bits per heavy atom. The van der Waals surface area contributed by atoms with Crippen LogP contribution in [0.2, 0.25) is 0 Å². The molecule has 1 atom stereocenters. The summed E-state index contributed by atoms with van der Waals surface area (Å²) in [5.74, 6) is 0.668. The van der Waals surface area contributed by atoms with Crippen molar-refractivity contribution in [1.82, 2.24) is 5.32 Å². The smallest absolute Gasteiger partial charge is 0.123 e. The van der Waals surface area contributed by atoms with E-state index in [0.717, 1.165) is 22.4 Å². The Morgan fingerprint density at radius 1 is 1.53 bits per heavy atom. The third-order valence-electron chi connectivity index (χ3n) is 2.95. The fraction of sp³-hybridized carbons (Fsp3) is 0.500. The predicted octanol–water partition coefficient (Wildman–Crippen LogP) is 3.65. The number of hydrogen-bond acceptors (Lipinski definition) is 1. The van der Waals surface area contributed by atoms with Crippen molar-refractivity contribution in [3.8, 4) is 0 Å². The maximum atomic E-state index is 13.1. The first-order chi connectivity index (χ1) is 7.20. The van der Waals surface area contributed by atoms with Gasteiger partial charge in [-0.2, -0.15) is 0 Å². The summed E-state index contributed by atoms with van der Waals surface area (Å²) in [6.45, 7) is 0. The number of nitrogens with one attached hydrogen (secondary N) is 1. The number of rotatable bonds is 4. The summed E-state index contributed by atoms with van der Waals surface area (Å²) >= 11 is 3.48. The van der Waals surface area contributed by atoms with Crippen LogP contribution in [0.25, 0.3) is 0 Å². The van der Waals surface area contributed by atoms with Crippen LogP contribution in [0, 0.1) is 11.7 Å². The highest BCUT2D eigenvalue weighted by Crippen LogP contribution is 2.39. The lowest BCUT2D eigenvalue weighted by Crippen LogP contribution is -2.17. The molecular weight excluding hydrogens is 257 g/mol. The van der Waals surface area contributed by atoms with Crippen LogP contribution in [-0.4, -0.2) is 7.05 Å². The number of halogens is 2. The lowest BCUT2D eigenvalue weighted by atomic mass is 10.0. The second-order valence-electron chi connectivity index (χ2n) is 4.19. The van der Waals surface area contributed by atoms with Gasteiger partial charge >= 0.3 is 0 Å². The molecule has 1 aromatic carbocycles. The Labute approximate surface area is 98.2 Å². The van der Waals surface area contributed by atoms with Crippen LogP contribution in [0.15, 0.2) is 22.7 Å². The van der Waals surface area contributed by atoms with Gasteiger partial charge in [-0.05, 0) is 43.1 Å². The quantitative estimate of drug-likeness (QED) is 0.882. The van der Waals surface area contributed by atoms with Crippen molar-refractivity contribution < 1.29 is 4.39 Å². The highest BCUT2D eigenvalue weighted by atomic mass is 79.9. The molecule has 1 aromatic rings. The van der Waals surface area contributed by atoms with E-state index < -0.39 is 0 Å². The fourth-order valence-electron chi connectivity index (χ4n) is 1.87. The molecule has 15 heavy (non-hydrogen) atoms. The minimum absolute atomic E-state index is 0.163. The molecule has 0 heterocycles. The van der Waals surface area contributed by atoms with E-state index in [1.54, 1.807) is 12.1 Å². The Hall–Kier alpha value is -0.410. The van der Waals surface area contributed by atoms with Gasteiger partial charge in [-0.3, -0.25) is 0 Å². The van der Waals surface area contributed by atoms with Crippen LogP contribution < -0.4 is 5.32 Å². The van der Waals surface area contributed by atoms with Crippen molar-refractivity contribution in [3.05, 3.63) is 34.1 Å². The van der Waals surface area contributed by atoms with E-state index in [4.69, 9.17) is 0 Å². The molecule has 1 N–H and O–H groups in total. The maximum absolute atomic E-state index is 13.1. The van der Waals surface area contributed by atoms with Gasteiger partial charge < -0.3 is 5.32 Å². The zero-order chi connectivity index (χ0) is 10.8. The molecule has 0 aliphatic heterocycles. The highest BCUT2D eigenvalue weighted by molar-refractivity contribution is 9.10. The summed E-state index contributed by atoms with van der Waals surface area (Å²) in [5, 5.41) is 3.26. The topological polar surface area (TPSA) is 12.0 Å². The van der Waals surface area contributed by atoms with E-state index in [2.05, 4.69) is 21.2 Å². The van der Waals surface area contributed by atoms with Crippen molar-refractivity contribution in [1.29, 1.82) is 0 Å². The first-order valence-corrected chi connectivity index (χ1v) is 6.12. The third-order valence-corrected chi connectivity index (χ3v) is 3.67. The van der Waals surface area contributed by atoms with E-state index in [1.807, 2.05) is 7.05 Å². The monoisotopic (exact) mass is 271 g/mol. The minimum atomic E-state index is -0.163. The molecule has 2 rings (SSSR count). The number of hydrogen-bond donors (Lipinski definition) is 1. The molecule has 1 fully saturated rings. The SMILES string of the molecule is CNC(CC1CC1)c1cc(F)ccc1Br. The second kappa shape index (κ2) is 4.62. The molecule has 0 spiro atoms. The lowest BCUT2D eigenvalue weighted by molar-refractivity contribution is 0.508. The normalized spacial score (nSPS) is 17.8. The van der Waals surface area contributed by atoms with Gasteiger partial charge in [-0.25, -0.2) is 4.39 Å². The Kier molecular flexibility index (Phi) is 3.42. The van der Waals surface area contributed by atoms with Gasteiger partial charge in [0.1, 0.15) is 5.82 Å². The van der Waals surface area contributed by atoms with Crippen molar-refractivity contribution in [3.63, 3.8) is 0 Å². The first kappa shape index (κ1) is 11.1. The zero-order valence-electron chi connectivity index (χ0n) is 8.76. The van der Waals surface area contributed by atoms with Crippen molar-refractivity contribution >= 4 is 15.9 Å². The van der Waals surface area contributed by atoms with E-state index in [9.17, 15) is 4.39 Å². The van der Waals surface area contributed by atoms with E-state index in [0.29, 0.717) is 0 Å². The van der Waals surface area contributed by atoms with E-state index in [-0.39, 0.29) is 11.9 Å². The van der Waals surface area contributed by atoms with E-state index >= 15 is 0 Å². The molecule has 0 aromatic heterocycles. The average Bonchev–Trinajstić information content (AvgIpc) is 3.02.